The lowest BCUT2D eigenvalue weighted by Crippen LogP contribution is -2.36. The molecule has 6 heteroatoms. The Kier molecular flexibility index (Phi) is 5.70. The Morgan fingerprint density at radius 1 is 1.07 bits per heavy atom. The molecule has 1 aliphatic carbocycles. The molecule has 5 nitrogen and oxygen atoms in total. The fraction of sp³-hybridized carbons (Fsp3) is 0.409. The Bertz CT molecular complexity index is 974. The molecule has 0 bridgehead atoms. The summed E-state index contributed by atoms with van der Waals surface area (Å²) in [5.41, 5.74) is 6.38. The van der Waals surface area contributed by atoms with Gasteiger partial charge in [0, 0.05) is 10.4 Å². The summed E-state index contributed by atoms with van der Waals surface area (Å²) in [4.78, 5) is 30.2. The normalized spacial score (nSPS) is 19.6. The highest BCUT2D eigenvalue weighted by atomic mass is 32.1. The Labute approximate surface area is 169 Å². The van der Waals surface area contributed by atoms with Crippen molar-refractivity contribution in [3.63, 3.8) is 0 Å². The molecule has 0 spiro atoms. The first-order valence-electron chi connectivity index (χ1n) is 9.41. The summed E-state index contributed by atoms with van der Waals surface area (Å²) in [7, 11) is 0. The largest absolute Gasteiger partial charge is 0.481 e. The quantitative estimate of drug-likeness (QED) is 0.701. The lowest BCUT2D eigenvalue weighted by molar-refractivity contribution is -0.146. The Hall–Kier alpha value is -2.47. The highest BCUT2D eigenvalue weighted by Crippen LogP contribution is 2.37. The first-order valence-corrected chi connectivity index (χ1v) is 10.2. The van der Waals surface area contributed by atoms with Crippen molar-refractivity contribution in [1.29, 1.82) is 0 Å². The van der Waals surface area contributed by atoms with Crippen LogP contribution in [-0.4, -0.2) is 22.0 Å². The number of anilines is 1. The van der Waals surface area contributed by atoms with E-state index >= 15 is 0 Å². The van der Waals surface area contributed by atoms with Gasteiger partial charge in [0.05, 0.1) is 17.5 Å². The Morgan fingerprint density at radius 2 is 1.71 bits per heavy atom. The number of aromatic nitrogens is 1. The van der Waals surface area contributed by atoms with Gasteiger partial charge in [-0.15, -0.1) is 11.3 Å². The second-order valence-corrected chi connectivity index (χ2v) is 8.95. The smallest absolute Gasteiger partial charge is 0.307 e. The van der Waals surface area contributed by atoms with Gasteiger partial charge in [0.15, 0.2) is 5.13 Å². The van der Waals surface area contributed by atoms with Crippen LogP contribution in [0.3, 0.4) is 0 Å². The molecular weight excluding hydrogens is 372 g/mol. The van der Waals surface area contributed by atoms with E-state index in [9.17, 15) is 14.7 Å². The molecule has 0 saturated heterocycles. The van der Waals surface area contributed by atoms with Crippen molar-refractivity contribution in [3.05, 3.63) is 45.3 Å². The average molecular weight is 399 g/mol. The van der Waals surface area contributed by atoms with Gasteiger partial charge in [0.1, 0.15) is 0 Å². The molecule has 0 unspecified atom stereocenters. The number of rotatable bonds is 4. The number of aryl methyl sites for hydroxylation is 3. The number of hydrogen-bond donors (Lipinski definition) is 2. The number of carbonyl (C=O) groups excluding carboxylic acids is 1. The summed E-state index contributed by atoms with van der Waals surface area (Å²) in [6.45, 7) is 9.99. The van der Waals surface area contributed by atoms with E-state index in [1.54, 1.807) is 0 Å². The monoisotopic (exact) mass is 398 g/mol. The molecule has 148 valence electrons. The zero-order valence-electron chi connectivity index (χ0n) is 16.9. The van der Waals surface area contributed by atoms with Crippen LogP contribution in [0.15, 0.2) is 29.3 Å². The number of benzene rings is 1. The molecule has 2 atom stereocenters. The van der Waals surface area contributed by atoms with E-state index in [1.807, 2.05) is 34.6 Å². The fourth-order valence-corrected chi connectivity index (χ4v) is 4.55. The summed E-state index contributed by atoms with van der Waals surface area (Å²) in [6, 6.07) is 6.23. The van der Waals surface area contributed by atoms with Gasteiger partial charge in [0.25, 0.3) is 0 Å². The van der Waals surface area contributed by atoms with Crippen LogP contribution in [0.5, 0.6) is 0 Å². The number of carbonyl (C=O) groups is 2. The van der Waals surface area contributed by atoms with Crippen LogP contribution in [0.25, 0.3) is 11.3 Å². The van der Waals surface area contributed by atoms with Crippen LogP contribution in [0.1, 0.15) is 42.7 Å². The molecular formula is C22H26N2O3S. The van der Waals surface area contributed by atoms with E-state index in [1.165, 1.54) is 11.3 Å². The molecule has 28 heavy (non-hydrogen) atoms. The molecule has 1 amide bonds. The van der Waals surface area contributed by atoms with Gasteiger partial charge in [-0.05, 0) is 59.1 Å². The number of allylic oxidation sites excluding steroid dienone is 2. The minimum Gasteiger partial charge on any atom is -0.481 e. The maximum atomic E-state index is 12.9. The van der Waals surface area contributed by atoms with E-state index in [-0.39, 0.29) is 5.91 Å². The highest BCUT2D eigenvalue weighted by molar-refractivity contribution is 7.16. The van der Waals surface area contributed by atoms with Crippen molar-refractivity contribution in [2.75, 3.05) is 5.32 Å². The topological polar surface area (TPSA) is 79.3 Å². The molecule has 2 N–H and O–H groups in total. The Morgan fingerprint density at radius 3 is 2.36 bits per heavy atom. The van der Waals surface area contributed by atoms with Crippen LogP contribution in [0.4, 0.5) is 5.13 Å². The van der Waals surface area contributed by atoms with Gasteiger partial charge in [-0.2, -0.15) is 0 Å². The van der Waals surface area contributed by atoms with Gasteiger partial charge in [-0.1, -0.05) is 28.8 Å². The number of nitrogens with one attached hydrogen (secondary N) is 1. The first-order chi connectivity index (χ1) is 13.2. The standard InChI is InChI=1S/C22H26N2O3S/c1-11-6-7-12(2)16(8-11)19-15(5)28-22(23-19)24-20(25)17-9-13(3)14(4)10-18(17)21(26)27/h6-8,17-18H,9-10H2,1-5H3,(H,26,27)(H,23,24,25)/t17-,18+/m0/s1. The molecule has 1 aromatic heterocycles. The highest BCUT2D eigenvalue weighted by Gasteiger charge is 2.37. The van der Waals surface area contributed by atoms with Gasteiger partial charge >= 0.3 is 5.97 Å². The number of aliphatic carboxylic acids is 1. The number of amides is 1. The molecule has 0 aliphatic heterocycles. The first kappa shape index (κ1) is 20.3. The second-order valence-electron chi connectivity index (χ2n) is 7.75. The number of thiazole rings is 1. The maximum Gasteiger partial charge on any atom is 0.307 e. The van der Waals surface area contributed by atoms with Crippen LogP contribution in [-0.2, 0) is 9.59 Å². The van der Waals surface area contributed by atoms with E-state index in [4.69, 9.17) is 0 Å². The summed E-state index contributed by atoms with van der Waals surface area (Å²) in [5, 5.41) is 13.0. The van der Waals surface area contributed by atoms with Crippen LogP contribution in [0.2, 0.25) is 0 Å². The van der Waals surface area contributed by atoms with E-state index in [2.05, 4.69) is 28.5 Å². The number of nitrogens with zero attached hydrogens (tertiary/aromatic N) is 1. The van der Waals surface area contributed by atoms with Gasteiger partial charge in [-0.3, -0.25) is 9.59 Å². The Balaban J connectivity index is 1.85. The molecule has 0 fully saturated rings. The van der Waals surface area contributed by atoms with Crippen molar-refractivity contribution < 1.29 is 14.7 Å². The van der Waals surface area contributed by atoms with Gasteiger partial charge in [-0.25, -0.2) is 4.98 Å². The maximum absolute atomic E-state index is 12.9. The third-order valence-corrected chi connectivity index (χ3v) is 6.48. The number of carboxylic acid groups (broad SMARTS) is 1. The predicted octanol–water partition coefficient (Wildman–Crippen LogP) is 5.12. The molecule has 0 radical (unpaired) electrons. The van der Waals surface area contributed by atoms with E-state index < -0.39 is 17.8 Å². The molecule has 1 aromatic carbocycles. The van der Waals surface area contributed by atoms with Crippen LogP contribution < -0.4 is 5.32 Å². The van der Waals surface area contributed by atoms with Crippen LogP contribution >= 0.6 is 11.3 Å². The lowest BCUT2D eigenvalue weighted by atomic mass is 9.76. The van der Waals surface area contributed by atoms with Crippen molar-refractivity contribution in [2.45, 2.75) is 47.5 Å². The van der Waals surface area contributed by atoms with Crippen molar-refractivity contribution >= 4 is 28.3 Å². The minimum absolute atomic E-state index is 0.263. The zero-order valence-corrected chi connectivity index (χ0v) is 17.7. The SMILES string of the molecule is CC1=C(C)C[C@@H](C(=O)O)[C@@H](C(=O)Nc2nc(-c3cc(C)ccc3C)c(C)s2)C1. The molecule has 2 aromatic rings. The van der Waals surface area contributed by atoms with Gasteiger partial charge < -0.3 is 10.4 Å². The van der Waals surface area contributed by atoms with E-state index in [0.29, 0.717) is 18.0 Å². The minimum atomic E-state index is -0.918. The van der Waals surface area contributed by atoms with E-state index in [0.717, 1.165) is 38.4 Å². The zero-order chi connectivity index (χ0) is 20.6. The summed E-state index contributed by atoms with van der Waals surface area (Å²) >= 11 is 1.42. The predicted molar refractivity (Wildman–Crippen MR) is 113 cm³/mol. The van der Waals surface area contributed by atoms with Crippen molar-refractivity contribution in [1.82, 2.24) is 4.98 Å². The lowest BCUT2D eigenvalue weighted by Gasteiger charge is -2.29. The number of hydrogen-bond acceptors (Lipinski definition) is 4. The average Bonchev–Trinajstić information content (AvgIpc) is 2.98. The molecule has 0 saturated carbocycles. The van der Waals surface area contributed by atoms with Crippen molar-refractivity contribution in [2.24, 2.45) is 11.8 Å². The third kappa shape index (κ3) is 4.02. The van der Waals surface area contributed by atoms with Gasteiger partial charge in [0.2, 0.25) is 5.91 Å². The number of carboxylic acids is 1. The van der Waals surface area contributed by atoms with Crippen molar-refractivity contribution in [3.8, 4) is 11.3 Å². The molecule has 3 rings (SSSR count). The molecule has 1 aliphatic rings. The fourth-order valence-electron chi connectivity index (χ4n) is 3.72. The van der Waals surface area contributed by atoms with Crippen LogP contribution in [0, 0.1) is 32.6 Å². The molecule has 1 heterocycles. The summed E-state index contributed by atoms with van der Waals surface area (Å²) < 4.78 is 0. The second kappa shape index (κ2) is 7.87. The summed E-state index contributed by atoms with van der Waals surface area (Å²) in [6.07, 6.45) is 0.896. The third-order valence-electron chi connectivity index (χ3n) is 5.60. The summed E-state index contributed by atoms with van der Waals surface area (Å²) in [5.74, 6) is -2.45.